The van der Waals surface area contributed by atoms with E-state index in [0.717, 1.165) is 39.4 Å². The Morgan fingerprint density at radius 1 is 0.885 bits per heavy atom. The monoisotopic (exact) mass is 361 g/mol. The van der Waals surface area contributed by atoms with E-state index in [1.54, 1.807) is 0 Å². The first-order chi connectivity index (χ1) is 12.7. The fraction of sp³-hybridized carbons (Fsp3) is 0.130. The van der Waals surface area contributed by atoms with Gasteiger partial charge in [0.05, 0.1) is 6.54 Å². The first-order valence-corrected chi connectivity index (χ1v) is 9.11. The lowest BCUT2D eigenvalue weighted by atomic mass is 10.0. The van der Waals surface area contributed by atoms with Crippen molar-refractivity contribution in [1.29, 1.82) is 0 Å². The first-order valence-electron chi connectivity index (χ1n) is 8.73. The van der Waals surface area contributed by atoms with Gasteiger partial charge in [0.15, 0.2) is 0 Å². The zero-order valence-electron chi connectivity index (χ0n) is 14.6. The number of hydrogen-bond donors (Lipinski definition) is 1. The van der Waals surface area contributed by atoms with Gasteiger partial charge in [0.25, 0.3) is 0 Å². The van der Waals surface area contributed by atoms with Crippen molar-refractivity contribution in [3.05, 3.63) is 94.7 Å². The second kappa shape index (κ2) is 7.36. The van der Waals surface area contributed by atoms with Crippen LogP contribution in [0.3, 0.4) is 0 Å². The molecule has 26 heavy (non-hydrogen) atoms. The molecule has 0 aliphatic carbocycles. The maximum Gasteiger partial charge on any atom is 0.135 e. The molecule has 0 aliphatic rings. The van der Waals surface area contributed by atoms with Crippen molar-refractivity contribution >= 4 is 22.6 Å². The fourth-order valence-corrected chi connectivity index (χ4v) is 3.35. The van der Waals surface area contributed by atoms with E-state index in [2.05, 4.69) is 54.7 Å². The standard InChI is InChI=1S/C23H20ClNO/c1-16-7-12-20-21(13-16)26-22(15-25-14-17-5-3-2-4-6-17)23(20)18-8-10-19(24)11-9-18/h2-13,25H,14-15H2,1H3. The van der Waals surface area contributed by atoms with Gasteiger partial charge in [-0.05, 0) is 41.8 Å². The Hall–Kier alpha value is -2.55. The molecule has 4 rings (SSSR count). The van der Waals surface area contributed by atoms with Crippen LogP contribution in [0.15, 0.2) is 77.2 Å². The molecule has 2 nitrogen and oxygen atoms in total. The van der Waals surface area contributed by atoms with Crippen molar-refractivity contribution in [3.63, 3.8) is 0 Å². The normalized spacial score (nSPS) is 11.2. The zero-order chi connectivity index (χ0) is 17.9. The van der Waals surface area contributed by atoms with E-state index in [9.17, 15) is 0 Å². The molecule has 4 aromatic rings. The van der Waals surface area contributed by atoms with Crippen molar-refractivity contribution in [3.8, 4) is 11.1 Å². The maximum atomic E-state index is 6.21. The molecule has 0 amide bonds. The molecule has 3 aromatic carbocycles. The molecule has 0 saturated heterocycles. The van der Waals surface area contributed by atoms with Gasteiger partial charge < -0.3 is 9.73 Å². The van der Waals surface area contributed by atoms with Gasteiger partial charge in [0.1, 0.15) is 11.3 Å². The maximum absolute atomic E-state index is 6.21. The minimum absolute atomic E-state index is 0.667. The Balaban J connectivity index is 1.68. The van der Waals surface area contributed by atoms with Crippen molar-refractivity contribution in [1.82, 2.24) is 5.32 Å². The quantitative estimate of drug-likeness (QED) is 0.448. The average molecular weight is 362 g/mol. The average Bonchev–Trinajstić information content (AvgIpc) is 3.00. The Kier molecular flexibility index (Phi) is 4.79. The highest BCUT2D eigenvalue weighted by molar-refractivity contribution is 6.30. The van der Waals surface area contributed by atoms with Gasteiger partial charge in [-0.15, -0.1) is 0 Å². The van der Waals surface area contributed by atoms with Crippen molar-refractivity contribution < 1.29 is 4.42 Å². The molecule has 1 aromatic heterocycles. The van der Waals surface area contributed by atoms with Crippen molar-refractivity contribution in [2.75, 3.05) is 0 Å². The smallest absolute Gasteiger partial charge is 0.135 e. The summed E-state index contributed by atoms with van der Waals surface area (Å²) in [5.74, 6) is 0.948. The molecule has 0 saturated carbocycles. The molecule has 3 heteroatoms. The summed E-state index contributed by atoms with van der Waals surface area (Å²) < 4.78 is 6.21. The number of fused-ring (bicyclic) bond motifs is 1. The van der Waals surface area contributed by atoms with Crippen molar-refractivity contribution in [2.45, 2.75) is 20.0 Å². The summed E-state index contributed by atoms with van der Waals surface area (Å²) >= 11 is 6.07. The van der Waals surface area contributed by atoms with Gasteiger partial charge in [-0.2, -0.15) is 0 Å². The number of furan rings is 1. The zero-order valence-corrected chi connectivity index (χ0v) is 15.4. The van der Waals surface area contributed by atoms with E-state index < -0.39 is 0 Å². The summed E-state index contributed by atoms with van der Waals surface area (Å²) in [7, 11) is 0. The topological polar surface area (TPSA) is 25.2 Å². The van der Waals surface area contributed by atoms with Crippen LogP contribution in [0.2, 0.25) is 5.02 Å². The highest BCUT2D eigenvalue weighted by Gasteiger charge is 2.16. The second-order valence-electron chi connectivity index (χ2n) is 6.50. The van der Waals surface area contributed by atoms with E-state index in [4.69, 9.17) is 16.0 Å². The first kappa shape index (κ1) is 16.9. The summed E-state index contributed by atoms with van der Waals surface area (Å²) in [6.07, 6.45) is 0. The van der Waals surface area contributed by atoms with E-state index in [1.807, 2.05) is 30.3 Å². The van der Waals surface area contributed by atoms with Crippen LogP contribution in [0.5, 0.6) is 0 Å². The number of benzene rings is 3. The summed E-state index contributed by atoms with van der Waals surface area (Å²) in [6.45, 7) is 3.55. The van der Waals surface area contributed by atoms with Gasteiger partial charge in [0.2, 0.25) is 0 Å². The molecular formula is C23H20ClNO. The molecule has 0 unspecified atom stereocenters. The summed E-state index contributed by atoms with van der Waals surface area (Å²) in [5.41, 5.74) is 5.63. The summed E-state index contributed by atoms with van der Waals surface area (Å²) in [5, 5.41) is 5.37. The third kappa shape index (κ3) is 3.52. The molecular weight excluding hydrogens is 342 g/mol. The third-order valence-electron chi connectivity index (χ3n) is 4.51. The number of halogens is 1. The molecule has 0 bridgehead atoms. The third-order valence-corrected chi connectivity index (χ3v) is 4.76. The highest BCUT2D eigenvalue weighted by atomic mass is 35.5. The van der Waals surface area contributed by atoms with Gasteiger partial charge in [0, 0.05) is 22.5 Å². The molecule has 0 radical (unpaired) electrons. The molecule has 0 atom stereocenters. The molecule has 1 heterocycles. The molecule has 0 aliphatic heterocycles. The van der Waals surface area contributed by atoms with Crippen LogP contribution in [-0.4, -0.2) is 0 Å². The van der Waals surface area contributed by atoms with E-state index in [0.29, 0.717) is 6.54 Å². The number of rotatable bonds is 5. The van der Waals surface area contributed by atoms with Crippen LogP contribution in [0.1, 0.15) is 16.9 Å². The van der Waals surface area contributed by atoms with Crippen molar-refractivity contribution in [2.24, 2.45) is 0 Å². The number of hydrogen-bond acceptors (Lipinski definition) is 2. The minimum atomic E-state index is 0.667. The molecule has 1 N–H and O–H groups in total. The lowest BCUT2D eigenvalue weighted by molar-refractivity contribution is 0.515. The Morgan fingerprint density at radius 2 is 1.65 bits per heavy atom. The predicted molar refractivity (Wildman–Crippen MR) is 108 cm³/mol. The molecule has 0 fully saturated rings. The largest absolute Gasteiger partial charge is 0.459 e. The van der Waals surface area contributed by atoms with Crippen LogP contribution in [0.25, 0.3) is 22.1 Å². The Bertz CT molecular complexity index is 1020. The second-order valence-corrected chi connectivity index (χ2v) is 6.93. The van der Waals surface area contributed by atoms with Gasteiger partial charge in [-0.25, -0.2) is 0 Å². The Morgan fingerprint density at radius 3 is 2.42 bits per heavy atom. The number of aryl methyl sites for hydroxylation is 1. The SMILES string of the molecule is Cc1ccc2c(-c3ccc(Cl)cc3)c(CNCc3ccccc3)oc2c1. The van der Waals surface area contributed by atoms with E-state index >= 15 is 0 Å². The van der Waals surface area contributed by atoms with Crippen LogP contribution >= 0.6 is 11.6 Å². The fourth-order valence-electron chi connectivity index (χ4n) is 3.23. The van der Waals surface area contributed by atoms with Crippen LogP contribution < -0.4 is 5.32 Å². The predicted octanol–water partition coefficient (Wildman–Crippen LogP) is 6.35. The molecule has 0 spiro atoms. The van der Waals surface area contributed by atoms with Crippen LogP contribution in [-0.2, 0) is 13.1 Å². The van der Waals surface area contributed by atoms with Gasteiger partial charge >= 0.3 is 0 Å². The lowest BCUT2D eigenvalue weighted by Crippen LogP contribution is -2.12. The number of nitrogens with one attached hydrogen (secondary N) is 1. The van der Waals surface area contributed by atoms with Crippen LogP contribution in [0.4, 0.5) is 0 Å². The minimum Gasteiger partial charge on any atom is -0.459 e. The lowest BCUT2D eigenvalue weighted by Gasteiger charge is -2.06. The van der Waals surface area contributed by atoms with Gasteiger partial charge in [-0.1, -0.05) is 66.2 Å². The Labute approximate surface area is 158 Å². The van der Waals surface area contributed by atoms with E-state index in [1.165, 1.54) is 11.1 Å². The highest BCUT2D eigenvalue weighted by Crippen LogP contribution is 2.36. The summed E-state index contributed by atoms with van der Waals surface area (Å²) in [4.78, 5) is 0. The molecule has 130 valence electrons. The summed E-state index contributed by atoms with van der Waals surface area (Å²) in [6, 6.07) is 24.7. The van der Waals surface area contributed by atoms with Gasteiger partial charge in [-0.3, -0.25) is 0 Å². The van der Waals surface area contributed by atoms with E-state index in [-0.39, 0.29) is 0 Å². The van der Waals surface area contributed by atoms with Crippen LogP contribution in [0, 0.1) is 6.92 Å².